The molecular formula is C11H20BNO. The predicted octanol–water partition coefficient (Wildman–Crippen LogP) is 2.00. The lowest BCUT2D eigenvalue weighted by atomic mass is 9.54. The van der Waals surface area contributed by atoms with E-state index in [1.807, 2.05) is 11.9 Å². The Morgan fingerprint density at radius 2 is 2.14 bits per heavy atom. The van der Waals surface area contributed by atoms with Gasteiger partial charge >= 0.3 is 0 Å². The second kappa shape index (κ2) is 3.96. The van der Waals surface area contributed by atoms with Crippen molar-refractivity contribution in [1.82, 2.24) is 4.90 Å². The van der Waals surface area contributed by atoms with Gasteiger partial charge in [0.25, 0.3) is 0 Å². The molecule has 0 aliphatic heterocycles. The van der Waals surface area contributed by atoms with Crippen LogP contribution >= 0.6 is 0 Å². The van der Waals surface area contributed by atoms with Crippen LogP contribution in [0.4, 0.5) is 0 Å². The average Bonchev–Trinajstić information content (AvgIpc) is 2.08. The summed E-state index contributed by atoms with van der Waals surface area (Å²) in [6.07, 6.45) is 3.28. The first-order valence-electron chi connectivity index (χ1n) is 5.38. The average molecular weight is 193 g/mol. The number of rotatable bonds is 1. The molecule has 0 spiro atoms. The van der Waals surface area contributed by atoms with E-state index in [4.69, 9.17) is 7.85 Å². The maximum absolute atomic E-state index is 11.3. The Bertz CT molecular complexity index is 227. The third kappa shape index (κ3) is 2.13. The highest BCUT2D eigenvalue weighted by atomic mass is 16.2. The second-order valence-electron chi connectivity index (χ2n) is 4.88. The largest absolute Gasteiger partial charge is 0.343 e. The van der Waals surface area contributed by atoms with E-state index < -0.39 is 0 Å². The quantitative estimate of drug-likeness (QED) is 0.583. The van der Waals surface area contributed by atoms with Crippen molar-refractivity contribution in [1.29, 1.82) is 0 Å². The van der Waals surface area contributed by atoms with Crippen LogP contribution in [-0.2, 0) is 4.79 Å². The summed E-state index contributed by atoms with van der Waals surface area (Å²) in [4.78, 5) is 13.1. The normalized spacial score (nSPS) is 38.0. The molecule has 14 heavy (non-hydrogen) atoms. The summed E-state index contributed by atoms with van der Waals surface area (Å²) in [6, 6.07) is 0.316. The number of hydrogen-bond donors (Lipinski definition) is 0. The van der Waals surface area contributed by atoms with Crippen LogP contribution in [0.5, 0.6) is 0 Å². The fraction of sp³-hybridized carbons (Fsp3) is 0.909. The maximum atomic E-state index is 11.3. The van der Waals surface area contributed by atoms with Crippen LogP contribution in [0, 0.1) is 5.92 Å². The topological polar surface area (TPSA) is 20.3 Å². The van der Waals surface area contributed by atoms with E-state index in [1.165, 1.54) is 0 Å². The Morgan fingerprint density at radius 1 is 1.57 bits per heavy atom. The summed E-state index contributed by atoms with van der Waals surface area (Å²) >= 11 is 0. The molecule has 1 aliphatic carbocycles. The molecule has 2 nitrogen and oxygen atoms in total. The van der Waals surface area contributed by atoms with E-state index in [1.54, 1.807) is 6.92 Å². The summed E-state index contributed by atoms with van der Waals surface area (Å²) in [5.41, 5.74) is 0. The molecule has 0 saturated heterocycles. The molecule has 0 aromatic rings. The van der Waals surface area contributed by atoms with E-state index in [0.29, 0.717) is 12.0 Å². The Labute approximate surface area is 88.5 Å². The zero-order chi connectivity index (χ0) is 10.9. The van der Waals surface area contributed by atoms with Crippen LogP contribution in [0.25, 0.3) is 0 Å². The molecule has 0 bridgehead atoms. The SMILES string of the molecule is [B]C1(C)CCCC(N(C)C(C)=O)C1C. The number of amides is 1. The highest BCUT2D eigenvalue weighted by molar-refractivity contribution is 6.15. The number of carbonyl (C=O) groups is 1. The lowest BCUT2D eigenvalue weighted by Crippen LogP contribution is -2.46. The molecule has 78 valence electrons. The molecular weight excluding hydrogens is 173 g/mol. The highest BCUT2D eigenvalue weighted by Crippen LogP contribution is 2.45. The van der Waals surface area contributed by atoms with E-state index in [2.05, 4.69) is 13.8 Å². The van der Waals surface area contributed by atoms with Crippen LogP contribution in [0.2, 0.25) is 5.31 Å². The minimum atomic E-state index is -0.118. The van der Waals surface area contributed by atoms with Gasteiger partial charge in [-0.1, -0.05) is 32.0 Å². The van der Waals surface area contributed by atoms with Crippen LogP contribution in [0.15, 0.2) is 0 Å². The molecule has 3 atom stereocenters. The summed E-state index contributed by atoms with van der Waals surface area (Å²) in [5, 5.41) is -0.118. The Morgan fingerprint density at radius 3 is 2.64 bits per heavy atom. The van der Waals surface area contributed by atoms with Crippen LogP contribution in [0.1, 0.15) is 40.0 Å². The second-order valence-corrected chi connectivity index (χ2v) is 4.88. The summed E-state index contributed by atoms with van der Waals surface area (Å²) in [5.74, 6) is 0.518. The Kier molecular flexibility index (Phi) is 3.28. The smallest absolute Gasteiger partial charge is 0.219 e. The lowest BCUT2D eigenvalue weighted by Gasteiger charge is -2.46. The zero-order valence-electron chi connectivity index (χ0n) is 9.71. The Balaban J connectivity index is 2.74. The van der Waals surface area contributed by atoms with Crippen molar-refractivity contribution in [2.75, 3.05) is 7.05 Å². The van der Waals surface area contributed by atoms with Gasteiger partial charge in [-0.05, 0) is 12.3 Å². The van der Waals surface area contributed by atoms with Crippen molar-refractivity contribution in [2.24, 2.45) is 5.92 Å². The molecule has 2 radical (unpaired) electrons. The van der Waals surface area contributed by atoms with Gasteiger partial charge in [-0.15, -0.1) is 0 Å². The van der Waals surface area contributed by atoms with Gasteiger partial charge in [-0.25, -0.2) is 0 Å². The third-order valence-corrected chi connectivity index (χ3v) is 3.83. The van der Waals surface area contributed by atoms with Crippen LogP contribution in [-0.4, -0.2) is 31.7 Å². The van der Waals surface area contributed by atoms with Gasteiger partial charge in [-0.2, -0.15) is 0 Å². The highest BCUT2D eigenvalue weighted by Gasteiger charge is 2.37. The van der Waals surface area contributed by atoms with Crippen molar-refractivity contribution in [3.63, 3.8) is 0 Å². The fourth-order valence-corrected chi connectivity index (χ4v) is 2.37. The van der Waals surface area contributed by atoms with Crippen molar-refractivity contribution in [3.05, 3.63) is 0 Å². The first-order valence-corrected chi connectivity index (χ1v) is 5.38. The molecule has 1 fully saturated rings. The Hall–Kier alpha value is -0.465. The summed E-state index contributed by atoms with van der Waals surface area (Å²) < 4.78 is 0. The molecule has 1 aliphatic rings. The molecule has 1 saturated carbocycles. The lowest BCUT2D eigenvalue weighted by molar-refractivity contribution is -0.131. The van der Waals surface area contributed by atoms with Crippen molar-refractivity contribution >= 4 is 13.8 Å². The molecule has 0 N–H and O–H groups in total. The van der Waals surface area contributed by atoms with E-state index >= 15 is 0 Å². The van der Waals surface area contributed by atoms with Gasteiger partial charge in [0.15, 0.2) is 0 Å². The van der Waals surface area contributed by atoms with E-state index in [-0.39, 0.29) is 11.2 Å². The van der Waals surface area contributed by atoms with Crippen LogP contribution < -0.4 is 0 Å². The predicted molar refractivity (Wildman–Crippen MR) is 59.4 cm³/mol. The molecule has 3 heteroatoms. The van der Waals surface area contributed by atoms with Crippen molar-refractivity contribution in [2.45, 2.75) is 51.4 Å². The number of hydrogen-bond acceptors (Lipinski definition) is 1. The first kappa shape index (κ1) is 11.6. The molecule has 0 aromatic carbocycles. The van der Waals surface area contributed by atoms with Crippen molar-refractivity contribution < 1.29 is 4.79 Å². The molecule has 1 amide bonds. The number of nitrogens with zero attached hydrogens (tertiary/aromatic N) is 1. The van der Waals surface area contributed by atoms with Gasteiger partial charge in [0.1, 0.15) is 0 Å². The van der Waals surface area contributed by atoms with E-state index in [0.717, 1.165) is 19.3 Å². The number of carbonyl (C=O) groups excluding carboxylic acids is 1. The van der Waals surface area contributed by atoms with Crippen LogP contribution in [0.3, 0.4) is 0 Å². The van der Waals surface area contributed by atoms with E-state index in [9.17, 15) is 4.79 Å². The molecule has 3 unspecified atom stereocenters. The van der Waals surface area contributed by atoms with Gasteiger partial charge in [-0.3, -0.25) is 4.79 Å². The molecule has 0 aromatic heterocycles. The first-order chi connectivity index (χ1) is 6.36. The molecule has 1 rings (SSSR count). The van der Waals surface area contributed by atoms with Gasteiger partial charge < -0.3 is 4.90 Å². The summed E-state index contributed by atoms with van der Waals surface area (Å²) in [7, 11) is 8.09. The zero-order valence-corrected chi connectivity index (χ0v) is 9.71. The standard InChI is InChI=1S/C11H20BNO/c1-8-10(13(4)9(2)14)6-5-7-11(8,3)12/h8,10H,5-7H2,1-4H3. The maximum Gasteiger partial charge on any atom is 0.219 e. The van der Waals surface area contributed by atoms with Crippen molar-refractivity contribution in [3.8, 4) is 0 Å². The van der Waals surface area contributed by atoms with Gasteiger partial charge in [0, 0.05) is 20.0 Å². The van der Waals surface area contributed by atoms with Gasteiger partial charge in [0.05, 0.1) is 7.85 Å². The molecule has 0 heterocycles. The third-order valence-electron chi connectivity index (χ3n) is 3.83. The minimum absolute atomic E-state index is 0.118. The minimum Gasteiger partial charge on any atom is -0.343 e. The fourth-order valence-electron chi connectivity index (χ4n) is 2.37. The summed E-state index contributed by atoms with van der Waals surface area (Å²) in [6.45, 7) is 5.87. The van der Waals surface area contributed by atoms with Gasteiger partial charge in [0.2, 0.25) is 5.91 Å². The monoisotopic (exact) mass is 193 g/mol.